The quantitative estimate of drug-likeness (QED) is 0.702. The van der Waals surface area contributed by atoms with Crippen molar-refractivity contribution in [1.29, 1.82) is 0 Å². The Kier molecular flexibility index (Phi) is 5.62. The molecule has 0 aromatic heterocycles. The molecule has 0 aliphatic heterocycles. The fourth-order valence-electron chi connectivity index (χ4n) is 2.58. The van der Waals surface area contributed by atoms with Gasteiger partial charge in [-0.3, -0.25) is 0 Å². The third-order valence-electron chi connectivity index (χ3n) is 3.55. The van der Waals surface area contributed by atoms with Crippen molar-refractivity contribution in [1.82, 2.24) is 5.32 Å². The smallest absolute Gasteiger partial charge is 0.0468 e. The number of nitrogens with one attached hydrogen (secondary N) is 1. The van der Waals surface area contributed by atoms with Gasteiger partial charge in [-0.2, -0.15) is 0 Å². The van der Waals surface area contributed by atoms with E-state index in [1.165, 1.54) is 38.6 Å². The molecule has 0 radical (unpaired) electrons. The van der Waals surface area contributed by atoms with Crippen molar-refractivity contribution in [3.63, 3.8) is 0 Å². The first-order valence-corrected chi connectivity index (χ1v) is 6.38. The maximum absolute atomic E-state index is 5.23. The number of rotatable bonds is 7. The summed E-state index contributed by atoms with van der Waals surface area (Å²) in [7, 11) is 1.81. The predicted molar refractivity (Wildman–Crippen MR) is 65.1 cm³/mol. The third-order valence-corrected chi connectivity index (χ3v) is 3.55. The molecule has 0 atom stereocenters. The van der Waals surface area contributed by atoms with Crippen LogP contribution in [0.25, 0.3) is 0 Å². The molecule has 0 spiro atoms. The van der Waals surface area contributed by atoms with E-state index in [0.717, 1.165) is 19.1 Å². The maximum Gasteiger partial charge on any atom is 0.0468 e. The van der Waals surface area contributed by atoms with Crippen LogP contribution in [-0.2, 0) is 4.74 Å². The Morgan fingerprint density at radius 1 is 1.27 bits per heavy atom. The summed E-state index contributed by atoms with van der Waals surface area (Å²) in [5.41, 5.74) is 0.547. The first kappa shape index (κ1) is 13.0. The van der Waals surface area contributed by atoms with Gasteiger partial charge in [-0.05, 0) is 37.1 Å². The topological polar surface area (TPSA) is 21.3 Å². The largest absolute Gasteiger partial charge is 0.385 e. The molecular formula is C13H27NO. The summed E-state index contributed by atoms with van der Waals surface area (Å²) in [6.45, 7) is 7.79. The van der Waals surface area contributed by atoms with Crippen molar-refractivity contribution >= 4 is 0 Å². The van der Waals surface area contributed by atoms with Crippen molar-refractivity contribution in [3.05, 3.63) is 0 Å². The van der Waals surface area contributed by atoms with Crippen LogP contribution < -0.4 is 5.32 Å². The SMILES string of the molecule is COCCC1(CNCC(C)C)CCCC1. The molecule has 1 aliphatic carbocycles. The molecule has 90 valence electrons. The second-order valence-electron chi connectivity index (χ2n) is 5.47. The van der Waals surface area contributed by atoms with Crippen LogP contribution in [0, 0.1) is 11.3 Å². The number of hydrogen-bond acceptors (Lipinski definition) is 2. The van der Waals surface area contributed by atoms with Crippen LogP contribution in [-0.4, -0.2) is 26.8 Å². The van der Waals surface area contributed by atoms with Gasteiger partial charge in [0.05, 0.1) is 0 Å². The van der Waals surface area contributed by atoms with Crippen molar-refractivity contribution in [2.45, 2.75) is 46.0 Å². The molecule has 0 unspecified atom stereocenters. The molecule has 1 saturated carbocycles. The molecule has 2 heteroatoms. The molecule has 15 heavy (non-hydrogen) atoms. The van der Waals surface area contributed by atoms with Crippen LogP contribution in [0.4, 0.5) is 0 Å². The fraction of sp³-hybridized carbons (Fsp3) is 1.00. The molecule has 0 aromatic rings. The van der Waals surface area contributed by atoms with Crippen LogP contribution in [0.2, 0.25) is 0 Å². The lowest BCUT2D eigenvalue weighted by atomic mass is 9.83. The van der Waals surface area contributed by atoms with Gasteiger partial charge in [-0.1, -0.05) is 26.7 Å². The molecule has 2 nitrogen and oxygen atoms in total. The molecule has 0 amide bonds. The molecule has 0 aromatic carbocycles. The van der Waals surface area contributed by atoms with E-state index in [1.54, 1.807) is 0 Å². The van der Waals surface area contributed by atoms with Crippen molar-refractivity contribution in [3.8, 4) is 0 Å². The Balaban J connectivity index is 2.29. The van der Waals surface area contributed by atoms with Gasteiger partial charge in [0.1, 0.15) is 0 Å². The highest BCUT2D eigenvalue weighted by Crippen LogP contribution is 2.40. The van der Waals surface area contributed by atoms with E-state index in [2.05, 4.69) is 19.2 Å². The second kappa shape index (κ2) is 6.49. The second-order valence-corrected chi connectivity index (χ2v) is 5.47. The Hall–Kier alpha value is -0.0800. The van der Waals surface area contributed by atoms with Crippen LogP contribution >= 0.6 is 0 Å². The van der Waals surface area contributed by atoms with E-state index in [4.69, 9.17) is 4.74 Å². The van der Waals surface area contributed by atoms with Crippen LogP contribution in [0.5, 0.6) is 0 Å². The van der Waals surface area contributed by atoms with Gasteiger partial charge in [-0.25, -0.2) is 0 Å². The van der Waals surface area contributed by atoms with Gasteiger partial charge in [0.15, 0.2) is 0 Å². The highest BCUT2D eigenvalue weighted by molar-refractivity contribution is 4.86. The van der Waals surface area contributed by atoms with E-state index in [-0.39, 0.29) is 0 Å². The lowest BCUT2D eigenvalue weighted by Crippen LogP contribution is -2.35. The van der Waals surface area contributed by atoms with E-state index in [1.807, 2.05) is 7.11 Å². The average molecular weight is 213 g/mol. The van der Waals surface area contributed by atoms with Gasteiger partial charge >= 0.3 is 0 Å². The lowest BCUT2D eigenvalue weighted by molar-refractivity contribution is 0.134. The molecule has 0 heterocycles. The monoisotopic (exact) mass is 213 g/mol. The minimum Gasteiger partial charge on any atom is -0.385 e. The zero-order valence-electron chi connectivity index (χ0n) is 10.6. The highest BCUT2D eigenvalue weighted by atomic mass is 16.5. The van der Waals surface area contributed by atoms with Gasteiger partial charge in [0, 0.05) is 20.3 Å². The summed E-state index contributed by atoms with van der Waals surface area (Å²) in [4.78, 5) is 0. The number of hydrogen-bond donors (Lipinski definition) is 1. The van der Waals surface area contributed by atoms with E-state index >= 15 is 0 Å². The first-order chi connectivity index (χ1) is 7.18. The van der Waals surface area contributed by atoms with E-state index in [0.29, 0.717) is 5.41 Å². The summed E-state index contributed by atoms with van der Waals surface area (Å²) in [6.07, 6.45) is 6.83. The summed E-state index contributed by atoms with van der Waals surface area (Å²) in [6, 6.07) is 0. The Morgan fingerprint density at radius 2 is 1.93 bits per heavy atom. The molecule has 1 aliphatic rings. The fourth-order valence-corrected chi connectivity index (χ4v) is 2.58. The lowest BCUT2D eigenvalue weighted by Gasteiger charge is -2.29. The van der Waals surface area contributed by atoms with E-state index in [9.17, 15) is 0 Å². The zero-order chi connectivity index (χ0) is 11.1. The predicted octanol–water partition coefficient (Wildman–Crippen LogP) is 2.83. The van der Waals surface area contributed by atoms with Gasteiger partial charge in [0.2, 0.25) is 0 Å². The summed E-state index contributed by atoms with van der Waals surface area (Å²) >= 11 is 0. The van der Waals surface area contributed by atoms with Crippen LogP contribution in [0.15, 0.2) is 0 Å². The minimum absolute atomic E-state index is 0.547. The third kappa shape index (κ3) is 4.52. The van der Waals surface area contributed by atoms with Gasteiger partial charge in [0.25, 0.3) is 0 Å². The van der Waals surface area contributed by atoms with Gasteiger partial charge < -0.3 is 10.1 Å². The first-order valence-electron chi connectivity index (χ1n) is 6.38. The molecule has 1 rings (SSSR count). The number of methoxy groups -OCH3 is 1. The van der Waals surface area contributed by atoms with Crippen molar-refractivity contribution in [2.24, 2.45) is 11.3 Å². The van der Waals surface area contributed by atoms with Crippen molar-refractivity contribution < 1.29 is 4.74 Å². The Morgan fingerprint density at radius 3 is 2.47 bits per heavy atom. The number of ether oxygens (including phenoxy) is 1. The highest BCUT2D eigenvalue weighted by Gasteiger charge is 2.32. The normalized spacial score (nSPS) is 20.0. The Labute approximate surface area is 94.8 Å². The minimum atomic E-state index is 0.547. The average Bonchev–Trinajstić information content (AvgIpc) is 2.64. The summed E-state index contributed by atoms with van der Waals surface area (Å²) in [5.74, 6) is 0.755. The van der Waals surface area contributed by atoms with Crippen molar-refractivity contribution in [2.75, 3.05) is 26.8 Å². The summed E-state index contributed by atoms with van der Waals surface area (Å²) < 4.78 is 5.23. The molecule has 1 N–H and O–H groups in total. The van der Waals surface area contributed by atoms with E-state index < -0.39 is 0 Å². The zero-order valence-corrected chi connectivity index (χ0v) is 10.6. The maximum atomic E-state index is 5.23. The van der Waals surface area contributed by atoms with Crippen LogP contribution in [0.3, 0.4) is 0 Å². The van der Waals surface area contributed by atoms with Crippen LogP contribution in [0.1, 0.15) is 46.0 Å². The summed E-state index contributed by atoms with van der Waals surface area (Å²) in [5, 5.41) is 3.62. The molecular weight excluding hydrogens is 186 g/mol. The van der Waals surface area contributed by atoms with Gasteiger partial charge in [-0.15, -0.1) is 0 Å². The molecule has 0 saturated heterocycles. The standard InChI is InChI=1S/C13H27NO/c1-12(2)10-14-11-13(8-9-15-3)6-4-5-7-13/h12,14H,4-11H2,1-3H3. The molecule has 1 fully saturated rings. The molecule has 0 bridgehead atoms. The Bertz CT molecular complexity index is 162.